The van der Waals surface area contributed by atoms with Crippen LogP contribution in [0.4, 0.5) is 11.5 Å². The predicted molar refractivity (Wildman–Crippen MR) is 107 cm³/mol. The molecular formula is C21H25N5O2. The van der Waals surface area contributed by atoms with E-state index in [4.69, 9.17) is 0 Å². The maximum absolute atomic E-state index is 12.5. The zero-order valence-electron chi connectivity index (χ0n) is 15.8. The second-order valence-corrected chi connectivity index (χ2v) is 7.52. The number of hydrogen-bond donors (Lipinski definition) is 2. The average molecular weight is 379 g/mol. The zero-order chi connectivity index (χ0) is 19.3. The number of nitrogens with zero attached hydrogens (tertiary/aromatic N) is 3. The Balaban J connectivity index is 1.30. The summed E-state index contributed by atoms with van der Waals surface area (Å²) in [7, 11) is 0. The molecule has 7 nitrogen and oxygen atoms in total. The number of carbonyl (C=O) groups is 2. The Kier molecular flexibility index (Phi) is 5.50. The topological polar surface area (TPSA) is 87.2 Å². The number of carbonyl (C=O) groups excluding carboxylic acids is 2. The van der Waals surface area contributed by atoms with Crippen molar-refractivity contribution in [3.05, 3.63) is 48.2 Å². The van der Waals surface area contributed by atoms with Gasteiger partial charge in [0.05, 0.1) is 0 Å². The van der Waals surface area contributed by atoms with Crippen molar-refractivity contribution in [1.82, 2.24) is 15.1 Å². The van der Waals surface area contributed by atoms with E-state index in [0.717, 1.165) is 31.5 Å². The number of benzene rings is 1. The summed E-state index contributed by atoms with van der Waals surface area (Å²) in [6, 6.07) is 12.8. The molecule has 2 amide bonds. The molecule has 2 aromatic rings. The van der Waals surface area contributed by atoms with Crippen molar-refractivity contribution in [3.63, 3.8) is 0 Å². The quantitative estimate of drug-likeness (QED) is 0.834. The number of anilines is 2. The standard InChI is InChI=1S/C21H25N5O2/c27-20(23-16-8-2-1-3-9-16)18-10-11-19(25-24-18)22-17-12-13-26(14-17)21(28)15-6-4-5-7-15/h1-3,8-11,15,17H,4-7,12-14H2,(H,22,25)(H,23,27). The van der Waals surface area contributed by atoms with E-state index in [1.54, 1.807) is 12.1 Å². The smallest absolute Gasteiger partial charge is 0.276 e. The van der Waals surface area contributed by atoms with Crippen LogP contribution in [0.15, 0.2) is 42.5 Å². The van der Waals surface area contributed by atoms with Gasteiger partial charge in [-0.25, -0.2) is 0 Å². The summed E-state index contributed by atoms with van der Waals surface area (Å²) in [5.74, 6) is 0.859. The highest BCUT2D eigenvalue weighted by Gasteiger charge is 2.32. The highest BCUT2D eigenvalue weighted by Crippen LogP contribution is 2.28. The number of amides is 2. The van der Waals surface area contributed by atoms with Crippen LogP contribution in [0.1, 0.15) is 42.6 Å². The lowest BCUT2D eigenvalue weighted by atomic mass is 10.1. The van der Waals surface area contributed by atoms with Crippen LogP contribution in [0.3, 0.4) is 0 Å². The van der Waals surface area contributed by atoms with Gasteiger partial charge in [0.2, 0.25) is 5.91 Å². The van der Waals surface area contributed by atoms with Crippen molar-refractivity contribution in [2.75, 3.05) is 23.7 Å². The molecule has 1 saturated carbocycles. The molecule has 28 heavy (non-hydrogen) atoms. The number of rotatable bonds is 5. The van der Waals surface area contributed by atoms with Crippen LogP contribution in [-0.2, 0) is 4.79 Å². The fourth-order valence-corrected chi connectivity index (χ4v) is 3.97. The van der Waals surface area contributed by atoms with Gasteiger partial charge in [0.25, 0.3) is 5.91 Å². The summed E-state index contributed by atoms with van der Waals surface area (Å²) in [6.07, 6.45) is 5.31. The molecule has 2 fully saturated rings. The maximum atomic E-state index is 12.5. The van der Waals surface area contributed by atoms with E-state index in [9.17, 15) is 9.59 Å². The molecule has 1 aromatic heterocycles. The van der Waals surface area contributed by atoms with Gasteiger partial charge in [-0.15, -0.1) is 10.2 Å². The summed E-state index contributed by atoms with van der Waals surface area (Å²) < 4.78 is 0. The normalized spacial score (nSPS) is 19.6. The molecule has 2 heterocycles. The molecule has 1 aromatic carbocycles. The van der Waals surface area contributed by atoms with E-state index in [1.807, 2.05) is 35.2 Å². The highest BCUT2D eigenvalue weighted by molar-refractivity contribution is 6.02. The van der Waals surface area contributed by atoms with Crippen LogP contribution in [0, 0.1) is 5.92 Å². The minimum absolute atomic E-state index is 0.170. The Bertz CT molecular complexity index is 818. The minimum Gasteiger partial charge on any atom is -0.364 e. The minimum atomic E-state index is -0.292. The Morgan fingerprint density at radius 1 is 0.964 bits per heavy atom. The van der Waals surface area contributed by atoms with Crippen molar-refractivity contribution in [2.45, 2.75) is 38.1 Å². The lowest BCUT2D eigenvalue weighted by Gasteiger charge is -2.20. The second-order valence-electron chi connectivity index (χ2n) is 7.52. The van der Waals surface area contributed by atoms with E-state index in [2.05, 4.69) is 20.8 Å². The predicted octanol–water partition coefficient (Wildman–Crippen LogP) is 2.93. The van der Waals surface area contributed by atoms with Crippen molar-refractivity contribution in [1.29, 1.82) is 0 Å². The maximum Gasteiger partial charge on any atom is 0.276 e. The van der Waals surface area contributed by atoms with Crippen molar-refractivity contribution in [2.24, 2.45) is 5.92 Å². The Morgan fingerprint density at radius 2 is 1.75 bits per heavy atom. The van der Waals surface area contributed by atoms with Crippen LogP contribution in [0.25, 0.3) is 0 Å². The summed E-state index contributed by atoms with van der Waals surface area (Å²) >= 11 is 0. The molecule has 0 bridgehead atoms. The lowest BCUT2D eigenvalue weighted by molar-refractivity contribution is -0.134. The van der Waals surface area contributed by atoms with E-state index in [1.165, 1.54) is 12.8 Å². The molecule has 1 saturated heterocycles. The number of para-hydroxylation sites is 1. The van der Waals surface area contributed by atoms with Gasteiger partial charge in [0.1, 0.15) is 5.82 Å². The van der Waals surface area contributed by atoms with Gasteiger partial charge in [-0.05, 0) is 43.5 Å². The summed E-state index contributed by atoms with van der Waals surface area (Å²) in [6.45, 7) is 1.49. The molecule has 1 unspecified atom stereocenters. The fourth-order valence-electron chi connectivity index (χ4n) is 3.97. The second kappa shape index (κ2) is 8.37. The Labute approximate surface area is 164 Å². The molecule has 146 valence electrons. The van der Waals surface area contributed by atoms with E-state index in [0.29, 0.717) is 18.3 Å². The SMILES string of the molecule is O=C(Nc1ccccc1)c1ccc(NC2CCN(C(=O)C3CCCC3)C2)nn1. The third kappa shape index (κ3) is 4.30. The van der Waals surface area contributed by atoms with Crippen LogP contribution >= 0.6 is 0 Å². The molecule has 1 aliphatic heterocycles. The monoisotopic (exact) mass is 379 g/mol. The van der Waals surface area contributed by atoms with Crippen LogP contribution in [-0.4, -0.2) is 46.0 Å². The van der Waals surface area contributed by atoms with E-state index < -0.39 is 0 Å². The van der Waals surface area contributed by atoms with Crippen molar-refractivity contribution in [3.8, 4) is 0 Å². The Morgan fingerprint density at radius 3 is 2.46 bits per heavy atom. The van der Waals surface area contributed by atoms with Gasteiger partial charge in [-0.2, -0.15) is 0 Å². The number of aromatic nitrogens is 2. The molecule has 4 rings (SSSR count). The molecule has 1 atom stereocenters. The molecule has 7 heteroatoms. The third-order valence-electron chi connectivity index (χ3n) is 5.49. The summed E-state index contributed by atoms with van der Waals surface area (Å²) in [5.41, 5.74) is 0.980. The zero-order valence-corrected chi connectivity index (χ0v) is 15.8. The average Bonchev–Trinajstić information content (AvgIpc) is 3.41. The third-order valence-corrected chi connectivity index (χ3v) is 5.49. The molecular weight excluding hydrogens is 354 g/mol. The fraction of sp³-hybridized carbons (Fsp3) is 0.429. The van der Waals surface area contributed by atoms with Gasteiger partial charge in [-0.1, -0.05) is 31.0 Å². The van der Waals surface area contributed by atoms with E-state index in [-0.39, 0.29) is 23.6 Å². The van der Waals surface area contributed by atoms with Gasteiger partial charge in [-0.3, -0.25) is 9.59 Å². The van der Waals surface area contributed by atoms with Crippen LogP contribution < -0.4 is 10.6 Å². The molecule has 2 aliphatic rings. The molecule has 2 N–H and O–H groups in total. The highest BCUT2D eigenvalue weighted by atomic mass is 16.2. The van der Waals surface area contributed by atoms with Gasteiger partial charge < -0.3 is 15.5 Å². The molecule has 1 aliphatic carbocycles. The summed E-state index contributed by atoms with van der Waals surface area (Å²) in [5, 5.41) is 14.3. The first-order chi connectivity index (χ1) is 13.7. The largest absolute Gasteiger partial charge is 0.364 e. The van der Waals surface area contributed by atoms with Gasteiger partial charge >= 0.3 is 0 Å². The molecule has 0 radical (unpaired) electrons. The van der Waals surface area contributed by atoms with E-state index >= 15 is 0 Å². The molecule has 0 spiro atoms. The van der Waals surface area contributed by atoms with Crippen LogP contribution in [0.2, 0.25) is 0 Å². The number of hydrogen-bond acceptors (Lipinski definition) is 5. The lowest BCUT2D eigenvalue weighted by Crippen LogP contribution is -2.35. The first-order valence-electron chi connectivity index (χ1n) is 9.94. The van der Waals surface area contributed by atoms with Gasteiger partial charge in [0, 0.05) is 30.7 Å². The Hall–Kier alpha value is -2.96. The summed E-state index contributed by atoms with van der Waals surface area (Å²) in [4.78, 5) is 26.8. The number of likely N-dealkylation sites (tertiary alicyclic amines) is 1. The first-order valence-corrected chi connectivity index (χ1v) is 9.94. The first kappa shape index (κ1) is 18.4. The van der Waals surface area contributed by atoms with Crippen molar-refractivity contribution < 1.29 is 9.59 Å². The van der Waals surface area contributed by atoms with Crippen LogP contribution in [0.5, 0.6) is 0 Å². The number of nitrogens with one attached hydrogen (secondary N) is 2. The van der Waals surface area contributed by atoms with Crippen molar-refractivity contribution >= 4 is 23.3 Å². The van der Waals surface area contributed by atoms with Gasteiger partial charge in [0.15, 0.2) is 5.69 Å².